The van der Waals surface area contributed by atoms with Gasteiger partial charge in [0.05, 0.1) is 17.7 Å². The third kappa shape index (κ3) is 6.61. The maximum absolute atomic E-state index is 9.97. The third-order valence-corrected chi connectivity index (χ3v) is 7.13. The summed E-state index contributed by atoms with van der Waals surface area (Å²) in [6.07, 6.45) is 13.3. The molecule has 1 aliphatic carbocycles. The summed E-state index contributed by atoms with van der Waals surface area (Å²) < 4.78 is 5.89. The lowest BCUT2D eigenvalue weighted by molar-refractivity contribution is 0.304. The molecule has 33 heavy (non-hydrogen) atoms. The lowest BCUT2D eigenvalue weighted by Gasteiger charge is -2.29. The summed E-state index contributed by atoms with van der Waals surface area (Å²) in [5.74, 6) is 2.07. The van der Waals surface area contributed by atoms with Crippen molar-refractivity contribution in [1.29, 1.82) is 10.5 Å². The van der Waals surface area contributed by atoms with Crippen molar-refractivity contribution in [3.63, 3.8) is 0 Å². The fourth-order valence-electron chi connectivity index (χ4n) is 5.23. The molecule has 0 aliphatic heterocycles. The molecule has 0 saturated heterocycles. The van der Waals surface area contributed by atoms with Gasteiger partial charge in [0.1, 0.15) is 17.9 Å². The van der Waals surface area contributed by atoms with E-state index in [1.165, 1.54) is 51.4 Å². The second-order valence-electron chi connectivity index (χ2n) is 9.47. The van der Waals surface area contributed by atoms with Gasteiger partial charge in [-0.25, -0.2) is 0 Å². The van der Waals surface area contributed by atoms with Crippen LogP contribution in [0.1, 0.15) is 107 Å². The molecule has 174 valence electrons. The van der Waals surface area contributed by atoms with Gasteiger partial charge in [-0.2, -0.15) is 10.5 Å². The Morgan fingerprint density at radius 2 is 1.48 bits per heavy atom. The highest BCUT2D eigenvalue weighted by molar-refractivity contribution is 5.75. The Labute approximate surface area is 200 Å². The van der Waals surface area contributed by atoms with Gasteiger partial charge in [-0.15, -0.1) is 0 Å². The number of nitrogens with zero attached hydrogens (tertiary/aromatic N) is 2. The molecule has 0 atom stereocenters. The highest BCUT2D eigenvalue weighted by atomic mass is 16.5. The zero-order valence-electron chi connectivity index (χ0n) is 20.4. The van der Waals surface area contributed by atoms with Gasteiger partial charge in [0.15, 0.2) is 0 Å². The van der Waals surface area contributed by atoms with Crippen molar-refractivity contribution in [1.82, 2.24) is 0 Å². The van der Waals surface area contributed by atoms with E-state index in [0.29, 0.717) is 17.0 Å². The van der Waals surface area contributed by atoms with Gasteiger partial charge in [-0.05, 0) is 67.2 Å². The molecule has 1 aliphatic rings. The molecule has 0 aromatic heterocycles. The summed E-state index contributed by atoms with van der Waals surface area (Å²) in [5.41, 5.74) is 3.94. The largest absolute Gasteiger partial charge is 0.494 e. The zero-order valence-corrected chi connectivity index (χ0v) is 20.4. The molecule has 0 amide bonds. The second kappa shape index (κ2) is 13.1. The molecular weight excluding hydrogens is 404 g/mol. The number of nitriles is 2. The molecule has 1 fully saturated rings. The number of hydrogen-bond donors (Lipinski definition) is 0. The van der Waals surface area contributed by atoms with Gasteiger partial charge in [0.25, 0.3) is 0 Å². The van der Waals surface area contributed by atoms with Crippen LogP contribution in [0.2, 0.25) is 0 Å². The number of benzene rings is 2. The van der Waals surface area contributed by atoms with Crippen molar-refractivity contribution in [2.24, 2.45) is 5.92 Å². The molecule has 0 bridgehead atoms. The van der Waals surface area contributed by atoms with E-state index in [0.717, 1.165) is 54.2 Å². The van der Waals surface area contributed by atoms with E-state index in [1.54, 1.807) is 0 Å². The van der Waals surface area contributed by atoms with Crippen LogP contribution in [0.25, 0.3) is 11.1 Å². The van der Waals surface area contributed by atoms with Crippen LogP contribution in [0, 0.1) is 28.6 Å². The Morgan fingerprint density at radius 1 is 0.788 bits per heavy atom. The summed E-state index contributed by atoms with van der Waals surface area (Å²) in [6, 6.07) is 16.8. The predicted octanol–water partition coefficient (Wildman–Crippen LogP) is 8.52. The van der Waals surface area contributed by atoms with E-state index in [2.05, 4.69) is 32.1 Å². The predicted molar refractivity (Wildman–Crippen MR) is 135 cm³/mol. The maximum Gasteiger partial charge on any atom is 0.119 e. The number of unbranched alkanes of at least 4 members (excludes halogenated alkanes) is 4. The van der Waals surface area contributed by atoms with Crippen molar-refractivity contribution in [2.75, 3.05) is 6.61 Å². The Bertz CT molecular complexity index is 957. The van der Waals surface area contributed by atoms with Crippen molar-refractivity contribution >= 4 is 0 Å². The summed E-state index contributed by atoms with van der Waals surface area (Å²) in [4.78, 5) is 0. The second-order valence-corrected chi connectivity index (χ2v) is 9.47. The highest BCUT2D eigenvalue weighted by Gasteiger charge is 2.26. The van der Waals surface area contributed by atoms with Crippen molar-refractivity contribution < 1.29 is 4.74 Å². The molecule has 2 aromatic carbocycles. The van der Waals surface area contributed by atoms with E-state index in [4.69, 9.17) is 4.74 Å². The zero-order chi connectivity index (χ0) is 23.5. The van der Waals surface area contributed by atoms with Gasteiger partial charge in [0, 0.05) is 5.56 Å². The van der Waals surface area contributed by atoms with Gasteiger partial charge in [-0.1, -0.05) is 76.6 Å². The van der Waals surface area contributed by atoms with E-state index in [9.17, 15) is 10.5 Å². The van der Waals surface area contributed by atoms with Gasteiger partial charge < -0.3 is 4.74 Å². The van der Waals surface area contributed by atoms with Crippen molar-refractivity contribution in [3.8, 4) is 29.0 Å². The van der Waals surface area contributed by atoms with Crippen LogP contribution in [0.15, 0.2) is 36.4 Å². The van der Waals surface area contributed by atoms with E-state index in [-0.39, 0.29) is 0 Å². The Morgan fingerprint density at radius 3 is 2.12 bits per heavy atom. The minimum atomic E-state index is 0.391. The molecule has 2 aromatic rings. The first-order valence-corrected chi connectivity index (χ1v) is 12.9. The maximum atomic E-state index is 9.97. The van der Waals surface area contributed by atoms with Crippen molar-refractivity contribution in [2.45, 2.75) is 90.4 Å². The smallest absolute Gasteiger partial charge is 0.119 e. The minimum absolute atomic E-state index is 0.391. The Kier molecular flexibility index (Phi) is 9.83. The normalized spacial score (nSPS) is 17.8. The van der Waals surface area contributed by atoms with Crippen LogP contribution in [0.5, 0.6) is 5.75 Å². The van der Waals surface area contributed by atoms with Crippen LogP contribution in [0.3, 0.4) is 0 Å². The fourth-order valence-corrected chi connectivity index (χ4v) is 5.23. The standard InChI is InChI=1S/C30H38N2O/c1-3-5-6-7-8-20-33-26-16-14-25(15-17-26)28-19-18-27(29(21-31)30(28)22-32)24-12-10-23(9-4-2)11-13-24/h14-19,23-24H,3-13,20H2,1-2H3/t23-,24-. The van der Waals surface area contributed by atoms with Gasteiger partial charge in [-0.3, -0.25) is 0 Å². The monoisotopic (exact) mass is 442 g/mol. The lowest BCUT2D eigenvalue weighted by atomic mass is 9.75. The van der Waals surface area contributed by atoms with E-state index in [1.807, 2.05) is 30.3 Å². The first kappa shape index (κ1) is 24.9. The van der Waals surface area contributed by atoms with Gasteiger partial charge >= 0.3 is 0 Å². The molecule has 0 N–H and O–H groups in total. The SMILES string of the molecule is CCCCCCCOc1ccc(-c2ccc([C@H]3CC[C@H](CCC)CC3)c(C#N)c2C#N)cc1. The molecule has 0 radical (unpaired) electrons. The fraction of sp³-hybridized carbons (Fsp3) is 0.533. The van der Waals surface area contributed by atoms with E-state index < -0.39 is 0 Å². The van der Waals surface area contributed by atoms with Crippen LogP contribution in [-0.4, -0.2) is 6.61 Å². The average molecular weight is 443 g/mol. The average Bonchev–Trinajstić information content (AvgIpc) is 2.86. The Balaban J connectivity index is 1.71. The molecule has 3 rings (SSSR count). The first-order valence-electron chi connectivity index (χ1n) is 12.9. The van der Waals surface area contributed by atoms with Crippen molar-refractivity contribution in [3.05, 3.63) is 53.1 Å². The molecule has 1 saturated carbocycles. The quantitative estimate of drug-likeness (QED) is 0.328. The first-order chi connectivity index (χ1) is 16.2. The van der Waals surface area contributed by atoms with Crippen LogP contribution >= 0.6 is 0 Å². The van der Waals surface area contributed by atoms with Crippen LogP contribution < -0.4 is 4.74 Å². The number of ether oxygens (including phenoxy) is 1. The Hall–Kier alpha value is -2.78. The molecule has 0 spiro atoms. The molecule has 0 heterocycles. The number of rotatable bonds is 11. The van der Waals surface area contributed by atoms with E-state index >= 15 is 0 Å². The third-order valence-electron chi connectivity index (χ3n) is 7.13. The topological polar surface area (TPSA) is 56.8 Å². The molecule has 3 nitrogen and oxygen atoms in total. The lowest BCUT2D eigenvalue weighted by Crippen LogP contribution is -2.14. The molecule has 0 unspecified atom stereocenters. The van der Waals surface area contributed by atoms with Gasteiger partial charge in [0.2, 0.25) is 0 Å². The minimum Gasteiger partial charge on any atom is -0.494 e. The molecule has 3 heteroatoms. The summed E-state index contributed by atoms with van der Waals surface area (Å²) in [5, 5.41) is 19.9. The summed E-state index contributed by atoms with van der Waals surface area (Å²) in [7, 11) is 0. The molecular formula is C30H38N2O. The summed E-state index contributed by atoms with van der Waals surface area (Å²) in [6.45, 7) is 5.22. The van der Waals surface area contributed by atoms with Crippen LogP contribution in [0.4, 0.5) is 0 Å². The summed E-state index contributed by atoms with van der Waals surface area (Å²) >= 11 is 0. The highest BCUT2D eigenvalue weighted by Crippen LogP contribution is 2.40. The number of hydrogen-bond acceptors (Lipinski definition) is 3. The van der Waals surface area contributed by atoms with Crippen LogP contribution in [-0.2, 0) is 0 Å².